The molecule has 2 rings (SSSR count). The van der Waals surface area contributed by atoms with Crippen molar-refractivity contribution in [1.29, 1.82) is 5.26 Å². The van der Waals surface area contributed by atoms with Gasteiger partial charge >= 0.3 is 0 Å². The molecule has 1 atom stereocenters. The second kappa shape index (κ2) is 5.07. The summed E-state index contributed by atoms with van der Waals surface area (Å²) >= 11 is 7.46. The van der Waals surface area contributed by atoms with E-state index in [2.05, 4.69) is 39.6 Å². The molecule has 0 aromatic carbocycles. The highest BCUT2D eigenvalue weighted by atomic mass is 79.9. The smallest absolute Gasteiger partial charge is 0.228 e. The maximum atomic E-state index is 11.8. The number of halogens is 1. The van der Waals surface area contributed by atoms with Crippen LogP contribution in [0, 0.1) is 17.2 Å². The number of anilines is 1. The van der Waals surface area contributed by atoms with E-state index in [-0.39, 0.29) is 11.8 Å². The maximum absolute atomic E-state index is 11.8. The number of amides is 1. The molecule has 88 valence electrons. The molecule has 0 aliphatic carbocycles. The topological polar surface area (TPSA) is 57.0 Å². The molecule has 1 aliphatic heterocycles. The molecule has 2 heterocycles. The first-order valence-electron chi connectivity index (χ1n) is 5.12. The van der Waals surface area contributed by atoms with Crippen LogP contribution in [0.4, 0.5) is 5.82 Å². The standard InChI is InChI=1S/C11H10BrN3OS/c12-9-2-8(3-13)11(14-4-9)15-5-7(6-17)1-10(15)16/h2,4,7,17H,1,5-6H2. The van der Waals surface area contributed by atoms with Crippen molar-refractivity contribution in [3.8, 4) is 6.07 Å². The third-order valence-electron chi connectivity index (χ3n) is 2.67. The molecular weight excluding hydrogens is 302 g/mol. The number of carbonyl (C=O) groups excluding carboxylic acids is 1. The summed E-state index contributed by atoms with van der Waals surface area (Å²) in [6, 6.07) is 3.73. The lowest BCUT2D eigenvalue weighted by atomic mass is 10.1. The summed E-state index contributed by atoms with van der Waals surface area (Å²) in [6.45, 7) is 0.589. The van der Waals surface area contributed by atoms with Gasteiger partial charge in [0.05, 0.1) is 5.56 Å². The van der Waals surface area contributed by atoms with Gasteiger partial charge in [-0.1, -0.05) is 0 Å². The van der Waals surface area contributed by atoms with Crippen LogP contribution in [-0.2, 0) is 4.79 Å². The first-order valence-corrected chi connectivity index (χ1v) is 6.55. The fourth-order valence-corrected chi connectivity index (χ4v) is 2.41. The lowest BCUT2D eigenvalue weighted by molar-refractivity contribution is -0.117. The number of nitrogens with zero attached hydrogens (tertiary/aromatic N) is 3. The Bertz CT molecular complexity index is 500. The summed E-state index contributed by atoms with van der Waals surface area (Å²) in [5.41, 5.74) is 0.410. The lowest BCUT2D eigenvalue weighted by Crippen LogP contribution is -2.26. The molecular formula is C11H10BrN3OS. The first kappa shape index (κ1) is 12.4. The van der Waals surface area contributed by atoms with Gasteiger partial charge in [0.15, 0.2) is 5.82 Å². The van der Waals surface area contributed by atoms with Crippen LogP contribution in [0.1, 0.15) is 12.0 Å². The number of carbonyl (C=O) groups is 1. The summed E-state index contributed by atoms with van der Waals surface area (Å²) < 4.78 is 0.732. The van der Waals surface area contributed by atoms with Crippen LogP contribution in [0.5, 0.6) is 0 Å². The molecule has 4 nitrogen and oxygen atoms in total. The molecule has 6 heteroatoms. The second-order valence-electron chi connectivity index (χ2n) is 3.89. The minimum absolute atomic E-state index is 0.00960. The monoisotopic (exact) mass is 311 g/mol. The van der Waals surface area contributed by atoms with Crippen molar-refractivity contribution >= 4 is 40.3 Å². The first-order chi connectivity index (χ1) is 8.15. The second-order valence-corrected chi connectivity index (χ2v) is 5.17. The zero-order valence-corrected chi connectivity index (χ0v) is 11.4. The maximum Gasteiger partial charge on any atom is 0.228 e. The third-order valence-corrected chi connectivity index (χ3v) is 3.62. The Labute approximate surface area is 113 Å². The Kier molecular flexibility index (Phi) is 3.69. The third kappa shape index (κ3) is 2.45. The molecule has 1 unspecified atom stereocenters. The van der Waals surface area contributed by atoms with Crippen LogP contribution < -0.4 is 4.90 Å². The SMILES string of the molecule is N#Cc1cc(Br)cnc1N1CC(CS)CC1=O. The lowest BCUT2D eigenvalue weighted by Gasteiger charge is -2.16. The Hall–Kier alpha value is -1.06. The van der Waals surface area contributed by atoms with Crippen LogP contribution in [0.15, 0.2) is 16.7 Å². The highest BCUT2D eigenvalue weighted by molar-refractivity contribution is 9.10. The fraction of sp³-hybridized carbons (Fsp3) is 0.364. The van der Waals surface area contributed by atoms with Crippen LogP contribution in [-0.4, -0.2) is 23.2 Å². The minimum atomic E-state index is 0.00960. The van der Waals surface area contributed by atoms with Crippen LogP contribution in [0.2, 0.25) is 0 Å². The summed E-state index contributed by atoms with van der Waals surface area (Å²) in [5.74, 6) is 1.36. The van der Waals surface area contributed by atoms with Gasteiger partial charge in [-0.05, 0) is 33.7 Å². The average molecular weight is 312 g/mol. The molecule has 1 fully saturated rings. The zero-order valence-electron chi connectivity index (χ0n) is 8.93. The Morgan fingerprint density at radius 2 is 2.47 bits per heavy atom. The van der Waals surface area contributed by atoms with Crippen molar-refractivity contribution in [3.63, 3.8) is 0 Å². The van der Waals surface area contributed by atoms with Gasteiger partial charge in [-0.15, -0.1) is 0 Å². The number of aromatic nitrogens is 1. The average Bonchev–Trinajstić information content (AvgIpc) is 2.70. The van der Waals surface area contributed by atoms with Gasteiger partial charge < -0.3 is 0 Å². The Balaban J connectivity index is 2.35. The van der Waals surface area contributed by atoms with Gasteiger partial charge in [0.2, 0.25) is 5.91 Å². The molecule has 1 amide bonds. The van der Waals surface area contributed by atoms with E-state index in [0.29, 0.717) is 30.1 Å². The molecule has 1 saturated heterocycles. The molecule has 1 aliphatic rings. The summed E-state index contributed by atoms with van der Waals surface area (Å²) in [7, 11) is 0. The molecule has 0 spiro atoms. The largest absolute Gasteiger partial charge is 0.295 e. The molecule has 1 aromatic heterocycles. The van der Waals surface area contributed by atoms with Crippen LogP contribution in [0.3, 0.4) is 0 Å². The van der Waals surface area contributed by atoms with Crippen molar-refractivity contribution in [2.45, 2.75) is 6.42 Å². The van der Waals surface area contributed by atoms with Gasteiger partial charge in [0.25, 0.3) is 0 Å². The molecule has 17 heavy (non-hydrogen) atoms. The van der Waals surface area contributed by atoms with Crippen LogP contribution in [0.25, 0.3) is 0 Å². The fourth-order valence-electron chi connectivity index (χ4n) is 1.84. The van der Waals surface area contributed by atoms with E-state index < -0.39 is 0 Å². The number of nitriles is 1. The number of rotatable bonds is 2. The van der Waals surface area contributed by atoms with E-state index in [1.54, 1.807) is 17.2 Å². The van der Waals surface area contributed by atoms with E-state index >= 15 is 0 Å². The molecule has 0 N–H and O–H groups in total. The summed E-state index contributed by atoms with van der Waals surface area (Å²) in [5, 5.41) is 9.05. The van der Waals surface area contributed by atoms with E-state index in [4.69, 9.17) is 5.26 Å². The van der Waals surface area contributed by atoms with Crippen molar-refractivity contribution in [1.82, 2.24) is 4.98 Å². The highest BCUT2D eigenvalue weighted by Gasteiger charge is 2.31. The number of hydrogen-bond acceptors (Lipinski definition) is 4. The van der Waals surface area contributed by atoms with Crippen molar-refractivity contribution in [2.75, 3.05) is 17.2 Å². The van der Waals surface area contributed by atoms with E-state index in [1.165, 1.54) is 0 Å². The van der Waals surface area contributed by atoms with E-state index in [0.717, 1.165) is 4.47 Å². The molecule has 0 bridgehead atoms. The minimum Gasteiger partial charge on any atom is -0.295 e. The number of pyridine rings is 1. The molecule has 0 radical (unpaired) electrons. The molecule has 0 saturated carbocycles. The van der Waals surface area contributed by atoms with Crippen LogP contribution >= 0.6 is 28.6 Å². The predicted octanol–water partition coefficient (Wildman–Crippen LogP) is 2.00. The number of hydrogen-bond donors (Lipinski definition) is 1. The predicted molar refractivity (Wildman–Crippen MR) is 71.0 cm³/mol. The van der Waals surface area contributed by atoms with E-state index in [1.807, 2.05) is 0 Å². The van der Waals surface area contributed by atoms with Crippen molar-refractivity contribution < 1.29 is 4.79 Å². The number of thiol groups is 1. The van der Waals surface area contributed by atoms with Gasteiger partial charge in [-0.25, -0.2) is 4.98 Å². The van der Waals surface area contributed by atoms with Gasteiger partial charge in [0.1, 0.15) is 6.07 Å². The van der Waals surface area contributed by atoms with Crippen molar-refractivity contribution in [3.05, 3.63) is 22.3 Å². The quantitative estimate of drug-likeness (QED) is 0.850. The molecule has 1 aromatic rings. The van der Waals surface area contributed by atoms with E-state index in [9.17, 15) is 4.79 Å². The van der Waals surface area contributed by atoms with Gasteiger partial charge in [-0.3, -0.25) is 9.69 Å². The summed E-state index contributed by atoms with van der Waals surface area (Å²) in [4.78, 5) is 17.6. The Morgan fingerprint density at radius 3 is 3.06 bits per heavy atom. The van der Waals surface area contributed by atoms with Crippen molar-refractivity contribution in [2.24, 2.45) is 5.92 Å². The summed E-state index contributed by atoms with van der Waals surface area (Å²) in [6.07, 6.45) is 2.07. The Morgan fingerprint density at radius 1 is 1.71 bits per heavy atom. The zero-order chi connectivity index (χ0) is 12.4. The highest BCUT2D eigenvalue weighted by Crippen LogP contribution is 2.27. The van der Waals surface area contributed by atoms with Gasteiger partial charge in [0, 0.05) is 23.6 Å². The normalized spacial score (nSPS) is 19.5. The van der Waals surface area contributed by atoms with Gasteiger partial charge in [-0.2, -0.15) is 17.9 Å².